The Bertz CT molecular complexity index is 866. The highest BCUT2D eigenvalue weighted by atomic mass is 79.9. The molecule has 4 N–H and O–H groups in total. The molecule has 1 heterocycles. The van der Waals surface area contributed by atoms with E-state index in [-0.39, 0.29) is 18.0 Å². The van der Waals surface area contributed by atoms with E-state index in [1.165, 1.54) is 12.1 Å². The van der Waals surface area contributed by atoms with Gasteiger partial charge in [0, 0.05) is 18.4 Å². The van der Waals surface area contributed by atoms with E-state index in [9.17, 15) is 8.42 Å². The van der Waals surface area contributed by atoms with Gasteiger partial charge in [0.1, 0.15) is 5.82 Å². The molecule has 0 amide bonds. The average Bonchev–Trinajstić information content (AvgIpc) is 2.61. The van der Waals surface area contributed by atoms with Gasteiger partial charge in [-0.05, 0) is 40.2 Å². The van der Waals surface area contributed by atoms with Gasteiger partial charge in [0.2, 0.25) is 16.0 Å². The van der Waals surface area contributed by atoms with Crippen molar-refractivity contribution in [2.24, 2.45) is 0 Å². The van der Waals surface area contributed by atoms with Crippen molar-refractivity contribution >= 4 is 43.4 Å². The first-order valence-corrected chi connectivity index (χ1v) is 9.41. The number of aromatic nitrogens is 2. The lowest BCUT2D eigenvalue weighted by Crippen LogP contribution is -2.26. The molecule has 2 rings (SSSR count). The minimum atomic E-state index is -3.64. The molecule has 0 spiro atoms. The number of hydrogen-bond acceptors (Lipinski definition) is 7. The van der Waals surface area contributed by atoms with E-state index >= 15 is 0 Å². The van der Waals surface area contributed by atoms with Gasteiger partial charge in [-0.3, -0.25) is 0 Å². The molecular weight excluding hydrogens is 410 g/mol. The second kappa shape index (κ2) is 8.77. The van der Waals surface area contributed by atoms with E-state index in [0.29, 0.717) is 28.5 Å². The van der Waals surface area contributed by atoms with Gasteiger partial charge in [0.05, 0.1) is 22.5 Å². The second-order valence-electron chi connectivity index (χ2n) is 4.72. The fraction of sp³-hybridized carbons (Fsp3) is 0.200. The fourth-order valence-corrected chi connectivity index (χ4v) is 3.15. The van der Waals surface area contributed by atoms with Crippen LogP contribution >= 0.6 is 15.9 Å². The number of rotatable bonds is 8. The van der Waals surface area contributed by atoms with Crippen molar-refractivity contribution in [3.8, 4) is 12.3 Å². The van der Waals surface area contributed by atoms with Gasteiger partial charge in [0.15, 0.2) is 0 Å². The van der Waals surface area contributed by atoms with Crippen molar-refractivity contribution in [1.82, 2.24) is 14.7 Å². The standard InChI is InChI=1S/C15H16BrN5O3S/c1-2-7-17-14-13(16)10-18-15(21-14)20-11-3-5-12(6-4-11)25(23,24)19-8-9-22/h1,3-6,10,19,22H,7-9H2,(H2,17,18,20,21). The molecule has 0 aliphatic heterocycles. The topological polar surface area (TPSA) is 116 Å². The lowest BCUT2D eigenvalue weighted by atomic mass is 10.3. The van der Waals surface area contributed by atoms with E-state index in [4.69, 9.17) is 11.5 Å². The van der Waals surface area contributed by atoms with E-state index < -0.39 is 10.0 Å². The van der Waals surface area contributed by atoms with Gasteiger partial charge in [0.25, 0.3) is 0 Å². The van der Waals surface area contributed by atoms with Crippen molar-refractivity contribution in [1.29, 1.82) is 0 Å². The predicted molar refractivity (Wildman–Crippen MR) is 99.1 cm³/mol. The number of terminal acetylenes is 1. The quantitative estimate of drug-likeness (QED) is 0.470. The third kappa shape index (κ3) is 5.40. The first-order chi connectivity index (χ1) is 12.0. The lowest BCUT2D eigenvalue weighted by Gasteiger charge is -2.10. The molecule has 0 fully saturated rings. The molecular formula is C15H16BrN5O3S. The van der Waals surface area contributed by atoms with Crippen LogP contribution in [0.15, 0.2) is 39.8 Å². The molecule has 0 radical (unpaired) electrons. The molecule has 8 nitrogen and oxygen atoms in total. The summed E-state index contributed by atoms with van der Waals surface area (Å²) in [5, 5.41) is 14.6. The van der Waals surface area contributed by atoms with E-state index in [1.54, 1.807) is 18.3 Å². The summed E-state index contributed by atoms with van der Waals surface area (Å²) in [4.78, 5) is 8.51. The van der Waals surface area contributed by atoms with E-state index in [0.717, 1.165) is 0 Å². The summed E-state index contributed by atoms with van der Waals surface area (Å²) in [6.07, 6.45) is 6.79. The Labute approximate surface area is 154 Å². The number of hydrogen-bond donors (Lipinski definition) is 4. The zero-order valence-corrected chi connectivity index (χ0v) is 15.4. The maximum Gasteiger partial charge on any atom is 0.240 e. The lowest BCUT2D eigenvalue weighted by molar-refractivity contribution is 0.301. The molecule has 10 heteroatoms. The Kier molecular flexibility index (Phi) is 6.72. The zero-order valence-electron chi connectivity index (χ0n) is 13.0. The summed E-state index contributed by atoms with van der Waals surface area (Å²) in [7, 11) is -3.64. The van der Waals surface area contributed by atoms with Gasteiger partial charge >= 0.3 is 0 Å². The first-order valence-electron chi connectivity index (χ1n) is 7.14. The van der Waals surface area contributed by atoms with E-state index in [2.05, 4.69) is 47.2 Å². The maximum atomic E-state index is 11.9. The van der Waals surface area contributed by atoms with Crippen LogP contribution in [0.2, 0.25) is 0 Å². The summed E-state index contributed by atoms with van der Waals surface area (Å²) in [5.41, 5.74) is 0.617. The van der Waals surface area contributed by atoms with Gasteiger partial charge in [-0.25, -0.2) is 18.1 Å². The monoisotopic (exact) mass is 425 g/mol. The highest BCUT2D eigenvalue weighted by Crippen LogP contribution is 2.22. The normalized spacial score (nSPS) is 10.9. The maximum absolute atomic E-state index is 11.9. The van der Waals surface area contributed by atoms with Gasteiger partial charge in [-0.2, -0.15) is 4.98 Å². The molecule has 0 aliphatic carbocycles. The van der Waals surface area contributed by atoms with Crippen LogP contribution < -0.4 is 15.4 Å². The largest absolute Gasteiger partial charge is 0.395 e. The molecule has 0 saturated heterocycles. The average molecular weight is 426 g/mol. The van der Waals surface area contributed by atoms with Crippen molar-refractivity contribution in [3.05, 3.63) is 34.9 Å². The number of aliphatic hydroxyl groups excluding tert-OH is 1. The minimum Gasteiger partial charge on any atom is -0.395 e. The first kappa shape index (κ1) is 19.1. The molecule has 0 atom stereocenters. The highest BCUT2D eigenvalue weighted by Gasteiger charge is 2.13. The van der Waals surface area contributed by atoms with Crippen LogP contribution in [-0.2, 0) is 10.0 Å². The summed E-state index contributed by atoms with van der Waals surface area (Å²) >= 11 is 3.32. The van der Waals surface area contributed by atoms with Crippen molar-refractivity contribution in [2.45, 2.75) is 4.90 Å². The molecule has 0 unspecified atom stereocenters. The zero-order chi connectivity index (χ0) is 18.3. The number of benzene rings is 1. The van der Waals surface area contributed by atoms with Gasteiger partial charge in [-0.15, -0.1) is 6.42 Å². The Morgan fingerprint density at radius 2 is 2.00 bits per heavy atom. The number of nitrogens with one attached hydrogen (secondary N) is 3. The van der Waals surface area contributed by atoms with E-state index in [1.807, 2.05) is 0 Å². The Hall–Kier alpha value is -2.19. The molecule has 1 aromatic heterocycles. The molecule has 1 aromatic carbocycles. The van der Waals surface area contributed by atoms with Crippen LogP contribution in [0, 0.1) is 12.3 Å². The summed E-state index contributed by atoms with van der Waals surface area (Å²) < 4.78 is 26.8. The number of nitrogens with zero attached hydrogens (tertiary/aromatic N) is 2. The minimum absolute atomic E-state index is 0.0392. The van der Waals surface area contributed by atoms with Crippen LogP contribution in [0.5, 0.6) is 0 Å². The summed E-state index contributed by atoms with van der Waals surface area (Å²) in [6.45, 7) is 0.0147. The van der Waals surface area contributed by atoms with Crippen LogP contribution in [0.3, 0.4) is 0 Å². The number of sulfonamides is 1. The molecule has 0 saturated carbocycles. The van der Waals surface area contributed by atoms with Crippen LogP contribution in [0.4, 0.5) is 17.5 Å². The number of aliphatic hydroxyl groups is 1. The van der Waals surface area contributed by atoms with Crippen LogP contribution in [0.25, 0.3) is 0 Å². The third-order valence-corrected chi connectivity index (χ3v) is 4.98. The number of halogens is 1. The Morgan fingerprint density at radius 3 is 2.64 bits per heavy atom. The highest BCUT2D eigenvalue weighted by molar-refractivity contribution is 9.10. The van der Waals surface area contributed by atoms with Crippen molar-refractivity contribution in [3.63, 3.8) is 0 Å². The molecule has 132 valence electrons. The third-order valence-electron chi connectivity index (χ3n) is 2.93. The molecule has 0 bridgehead atoms. The van der Waals surface area contributed by atoms with Crippen LogP contribution in [0.1, 0.15) is 0 Å². The van der Waals surface area contributed by atoms with Gasteiger partial charge < -0.3 is 15.7 Å². The molecule has 0 aliphatic rings. The SMILES string of the molecule is C#CCNc1nc(Nc2ccc(S(=O)(=O)NCCO)cc2)ncc1Br. The Balaban J connectivity index is 2.12. The number of anilines is 3. The van der Waals surface area contributed by atoms with Crippen LogP contribution in [-0.4, -0.2) is 43.2 Å². The fourth-order valence-electron chi connectivity index (χ4n) is 1.80. The van der Waals surface area contributed by atoms with Crippen molar-refractivity contribution < 1.29 is 13.5 Å². The second-order valence-corrected chi connectivity index (χ2v) is 7.34. The summed E-state index contributed by atoms with van der Waals surface area (Å²) in [6, 6.07) is 6.07. The molecule has 2 aromatic rings. The molecule has 25 heavy (non-hydrogen) atoms. The smallest absolute Gasteiger partial charge is 0.240 e. The van der Waals surface area contributed by atoms with Crippen molar-refractivity contribution in [2.75, 3.05) is 30.3 Å². The summed E-state index contributed by atoms with van der Waals surface area (Å²) in [5.74, 6) is 3.33. The van der Waals surface area contributed by atoms with Gasteiger partial charge in [-0.1, -0.05) is 5.92 Å². The predicted octanol–water partition coefficient (Wildman–Crippen LogP) is 1.30. The Morgan fingerprint density at radius 1 is 1.28 bits per heavy atom.